The first-order chi connectivity index (χ1) is 27.2. The van der Waals surface area contributed by atoms with Crippen LogP contribution in [0.15, 0.2) is 85.1 Å². The number of amides is 1. The van der Waals surface area contributed by atoms with Crippen LogP contribution < -0.4 is 5.32 Å². The van der Waals surface area contributed by atoms with E-state index >= 15 is 0 Å². The van der Waals surface area contributed by atoms with Crippen molar-refractivity contribution in [3.8, 4) is 0 Å². The number of unbranched alkanes of at least 4 members (excludes halogenated alkanes) is 23. The maximum Gasteiger partial charge on any atom is 0.224 e. The van der Waals surface area contributed by atoms with Crippen LogP contribution in [0, 0.1) is 0 Å². The zero-order valence-corrected chi connectivity index (χ0v) is 36.2. The Morgan fingerprint density at radius 3 is 1.24 bits per heavy atom. The van der Waals surface area contributed by atoms with E-state index in [0.29, 0.717) is 0 Å². The van der Waals surface area contributed by atoms with Gasteiger partial charge in [0.05, 0.1) is 18.8 Å². The Morgan fingerprint density at radius 2 is 0.818 bits per heavy atom. The molecule has 2 atom stereocenters. The first-order valence-electron chi connectivity index (χ1n) is 23.3. The average Bonchev–Trinajstić information content (AvgIpc) is 3.19. The van der Waals surface area contributed by atoms with E-state index in [-0.39, 0.29) is 18.9 Å². The van der Waals surface area contributed by atoms with E-state index in [1.807, 2.05) is 18.2 Å². The second-order valence-corrected chi connectivity index (χ2v) is 15.4. The zero-order valence-electron chi connectivity index (χ0n) is 36.2. The zero-order chi connectivity index (χ0) is 40.0. The van der Waals surface area contributed by atoms with Gasteiger partial charge in [0, 0.05) is 6.42 Å². The molecule has 0 aliphatic rings. The van der Waals surface area contributed by atoms with Crippen LogP contribution >= 0.6 is 0 Å². The van der Waals surface area contributed by atoms with Crippen molar-refractivity contribution in [1.29, 1.82) is 0 Å². The highest BCUT2D eigenvalue weighted by Crippen LogP contribution is 2.15. The molecule has 0 aliphatic carbocycles. The van der Waals surface area contributed by atoms with E-state index in [2.05, 4.69) is 79.9 Å². The quantitative estimate of drug-likeness (QED) is 0.0429. The molecule has 0 radical (unpaired) electrons. The van der Waals surface area contributed by atoms with Gasteiger partial charge in [0.25, 0.3) is 0 Å². The normalized spacial score (nSPS) is 13.7. The van der Waals surface area contributed by atoms with E-state index in [9.17, 15) is 15.0 Å². The number of hydrogen-bond acceptors (Lipinski definition) is 3. The van der Waals surface area contributed by atoms with Gasteiger partial charge in [-0.15, -0.1) is 0 Å². The first kappa shape index (κ1) is 52.6. The standard InChI is InChI=1S/C51H89NO3/c1-3-5-7-9-11-13-15-17-19-20-21-22-23-24-25-26-27-28-29-30-31-33-34-36-38-40-42-44-46-50(54)49(48-53)52-51(55)47-45-43-41-39-37-35-32-18-16-14-12-10-8-6-4-2/h6,8,12,14,18,32,36-39,43-46,49-50,53-54H,3-5,7,9-11,13,15-17,19-31,33-35,40-42,47-48H2,1-2H3,(H,52,55)/b8-6-,14-12-,32-18-,38-36+,39-37-,45-43-,46-44+. The largest absolute Gasteiger partial charge is 0.394 e. The SMILES string of the molecule is CC/C=C\C/C=C\C/C=C\C/C=C\C/C=C\CC(=O)NC(CO)C(O)/C=C/CC/C=C/CCCCCCCCCCCCCCCCCCCCCCCC. The summed E-state index contributed by atoms with van der Waals surface area (Å²) in [5, 5.41) is 22.9. The number of hydrogen-bond donors (Lipinski definition) is 3. The maximum atomic E-state index is 12.3. The lowest BCUT2D eigenvalue weighted by atomic mass is 10.0. The molecule has 0 fully saturated rings. The Morgan fingerprint density at radius 1 is 0.455 bits per heavy atom. The predicted molar refractivity (Wildman–Crippen MR) is 243 cm³/mol. The Balaban J connectivity index is 3.65. The minimum Gasteiger partial charge on any atom is -0.394 e. The third kappa shape index (κ3) is 42.6. The van der Waals surface area contributed by atoms with E-state index in [0.717, 1.165) is 51.4 Å². The number of aliphatic hydroxyl groups excluding tert-OH is 2. The molecular formula is C51H89NO3. The second kappa shape index (κ2) is 46.0. The Bertz CT molecular complexity index is 1000. The number of carbonyl (C=O) groups excluding carboxylic acids is 1. The summed E-state index contributed by atoms with van der Waals surface area (Å²) in [5.41, 5.74) is 0. The van der Waals surface area contributed by atoms with Gasteiger partial charge in [0.2, 0.25) is 5.91 Å². The molecule has 55 heavy (non-hydrogen) atoms. The van der Waals surface area contributed by atoms with Crippen LogP contribution in [0.2, 0.25) is 0 Å². The lowest BCUT2D eigenvalue weighted by molar-refractivity contribution is -0.122. The molecule has 0 heterocycles. The van der Waals surface area contributed by atoms with Gasteiger partial charge >= 0.3 is 0 Å². The third-order valence-corrected chi connectivity index (χ3v) is 10.1. The highest BCUT2D eigenvalue weighted by atomic mass is 16.3. The van der Waals surface area contributed by atoms with Crippen molar-refractivity contribution in [1.82, 2.24) is 5.32 Å². The molecule has 4 nitrogen and oxygen atoms in total. The Kier molecular flexibility index (Phi) is 43.9. The van der Waals surface area contributed by atoms with Crippen LogP contribution in [0.1, 0.15) is 213 Å². The molecule has 0 aromatic rings. The van der Waals surface area contributed by atoms with Gasteiger partial charge in [0.1, 0.15) is 0 Å². The fourth-order valence-electron chi connectivity index (χ4n) is 6.61. The molecule has 4 heteroatoms. The lowest BCUT2D eigenvalue weighted by Gasteiger charge is -2.19. The minimum absolute atomic E-state index is 0.203. The van der Waals surface area contributed by atoms with E-state index in [1.54, 1.807) is 6.08 Å². The predicted octanol–water partition coefficient (Wildman–Crippen LogP) is 14.9. The number of aliphatic hydroxyl groups is 2. The van der Waals surface area contributed by atoms with Crippen molar-refractivity contribution < 1.29 is 15.0 Å². The Hall–Kier alpha value is -2.43. The van der Waals surface area contributed by atoms with Crippen LogP contribution in [-0.2, 0) is 4.79 Å². The number of carbonyl (C=O) groups is 1. The smallest absolute Gasteiger partial charge is 0.224 e. The number of allylic oxidation sites excluding steroid dienone is 12. The van der Waals surface area contributed by atoms with Gasteiger partial charge in [-0.3, -0.25) is 4.79 Å². The maximum absolute atomic E-state index is 12.3. The summed E-state index contributed by atoms with van der Waals surface area (Å²) in [7, 11) is 0. The topological polar surface area (TPSA) is 69.6 Å². The van der Waals surface area contributed by atoms with E-state index < -0.39 is 12.1 Å². The molecule has 2 unspecified atom stereocenters. The van der Waals surface area contributed by atoms with E-state index in [4.69, 9.17) is 0 Å². The van der Waals surface area contributed by atoms with Gasteiger partial charge in [-0.1, -0.05) is 234 Å². The van der Waals surface area contributed by atoms with Crippen molar-refractivity contribution >= 4 is 5.91 Å². The summed E-state index contributed by atoms with van der Waals surface area (Å²) < 4.78 is 0. The molecule has 3 N–H and O–H groups in total. The van der Waals surface area contributed by atoms with Crippen LogP contribution in [0.25, 0.3) is 0 Å². The molecule has 0 spiro atoms. The van der Waals surface area contributed by atoms with Crippen molar-refractivity contribution in [2.45, 2.75) is 225 Å². The van der Waals surface area contributed by atoms with Gasteiger partial charge in [-0.2, -0.15) is 0 Å². The van der Waals surface area contributed by atoms with Crippen LogP contribution in [0.4, 0.5) is 0 Å². The van der Waals surface area contributed by atoms with Crippen LogP contribution in [-0.4, -0.2) is 34.9 Å². The summed E-state index contributed by atoms with van der Waals surface area (Å²) in [6, 6.07) is -0.698. The summed E-state index contributed by atoms with van der Waals surface area (Å²) in [6.45, 7) is 4.14. The molecular weight excluding hydrogens is 675 g/mol. The summed E-state index contributed by atoms with van der Waals surface area (Å²) in [6.07, 6.45) is 67.4. The number of nitrogens with one attached hydrogen (secondary N) is 1. The van der Waals surface area contributed by atoms with Crippen molar-refractivity contribution in [2.75, 3.05) is 6.61 Å². The molecule has 1 amide bonds. The Labute approximate surface area is 341 Å². The van der Waals surface area contributed by atoms with Crippen molar-refractivity contribution in [3.05, 3.63) is 85.1 Å². The molecule has 0 saturated heterocycles. The van der Waals surface area contributed by atoms with Crippen molar-refractivity contribution in [3.63, 3.8) is 0 Å². The first-order valence-corrected chi connectivity index (χ1v) is 23.3. The highest BCUT2D eigenvalue weighted by Gasteiger charge is 2.17. The number of rotatable bonds is 41. The average molecular weight is 764 g/mol. The second-order valence-electron chi connectivity index (χ2n) is 15.4. The molecule has 0 aromatic heterocycles. The summed E-state index contributed by atoms with van der Waals surface area (Å²) >= 11 is 0. The third-order valence-electron chi connectivity index (χ3n) is 10.1. The highest BCUT2D eigenvalue weighted by molar-refractivity contribution is 5.77. The van der Waals surface area contributed by atoms with Gasteiger partial charge in [0.15, 0.2) is 0 Å². The molecule has 0 aromatic carbocycles. The van der Waals surface area contributed by atoms with Gasteiger partial charge < -0.3 is 15.5 Å². The summed E-state index contributed by atoms with van der Waals surface area (Å²) in [5.74, 6) is -0.203. The fraction of sp³-hybridized carbons (Fsp3) is 0.706. The molecule has 316 valence electrons. The summed E-state index contributed by atoms with van der Waals surface area (Å²) in [4.78, 5) is 12.3. The fourth-order valence-corrected chi connectivity index (χ4v) is 6.61. The minimum atomic E-state index is -0.907. The van der Waals surface area contributed by atoms with Crippen molar-refractivity contribution in [2.24, 2.45) is 0 Å². The van der Waals surface area contributed by atoms with Crippen LogP contribution in [0.3, 0.4) is 0 Å². The monoisotopic (exact) mass is 764 g/mol. The molecule has 0 aliphatic heterocycles. The van der Waals surface area contributed by atoms with Gasteiger partial charge in [-0.05, 0) is 57.8 Å². The van der Waals surface area contributed by atoms with Crippen LogP contribution in [0.5, 0.6) is 0 Å². The molecule has 0 rings (SSSR count). The lowest BCUT2D eigenvalue weighted by Crippen LogP contribution is -2.44. The van der Waals surface area contributed by atoms with E-state index in [1.165, 1.54) is 141 Å². The molecule has 0 bridgehead atoms. The molecule has 0 saturated carbocycles. The van der Waals surface area contributed by atoms with Gasteiger partial charge in [-0.25, -0.2) is 0 Å².